The lowest BCUT2D eigenvalue weighted by Crippen LogP contribution is -2.53. The van der Waals surface area contributed by atoms with Crippen LogP contribution in [-0.2, 0) is 4.79 Å². The Morgan fingerprint density at radius 3 is 2.39 bits per heavy atom. The third-order valence-corrected chi connectivity index (χ3v) is 6.02. The van der Waals surface area contributed by atoms with Gasteiger partial charge < -0.3 is 10.2 Å². The second kappa shape index (κ2) is 8.21. The van der Waals surface area contributed by atoms with Crippen LogP contribution in [0.1, 0.15) is 58.9 Å². The van der Waals surface area contributed by atoms with Gasteiger partial charge in [0.2, 0.25) is 5.91 Å². The van der Waals surface area contributed by atoms with Gasteiger partial charge in [-0.15, -0.1) is 12.4 Å². The van der Waals surface area contributed by atoms with Gasteiger partial charge in [0.1, 0.15) is 6.04 Å². The van der Waals surface area contributed by atoms with E-state index in [0.717, 1.165) is 35.8 Å². The Morgan fingerprint density at radius 1 is 1.11 bits per heavy atom. The van der Waals surface area contributed by atoms with Crippen LogP contribution in [0, 0.1) is 12.8 Å². The molecular formula is C21H28ClN3O3. The van der Waals surface area contributed by atoms with Gasteiger partial charge in [-0.05, 0) is 64.1 Å². The van der Waals surface area contributed by atoms with Crippen LogP contribution in [0.3, 0.4) is 0 Å². The quantitative estimate of drug-likeness (QED) is 0.763. The van der Waals surface area contributed by atoms with Gasteiger partial charge in [0, 0.05) is 19.1 Å². The Balaban J connectivity index is 0.00000225. The van der Waals surface area contributed by atoms with Crippen molar-refractivity contribution in [3.8, 4) is 0 Å². The first-order chi connectivity index (χ1) is 13.0. The molecule has 3 amide bonds. The number of rotatable bonds is 5. The molecule has 0 bridgehead atoms. The summed E-state index contributed by atoms with van der Waals surface area (Å²) in [7, 11) is 0. The van der Waals surface area contributed by atoms with E-state index >= 15 is 0 Å². The second-order valence-electron chi connectivity index (χ2n) is 8.16. The number of nitrogens with zero attached hydrogens (tertiary/aromatic N) is 2. The Labute approximate surface area is 172 Å². The maximum atomic E-state index is 12.9. The number of aryl methyl sites for hydroxylation is 1. The molecule has 3 aliphatic rings. The molecule has 152 valence electrons. The minimum absolute atomic E-state index is 0. The molecule has 2 fully saturated rings. The van der Waals surface area contributed by atoms with Gasteiger partial charge in [-0.2, -0.15) is 0 Å². The molecule has 4 rings (SSSR count). The summed E-state index contributed by atoms with van der Waals surface area (Å²) < 4.78 is 0. The Bertz CT molecular complexity index is 785. The Kier molecular flexibility index (Phi) is 6.10. The average molecular weight is 406 g/mol. The molecule has 1 aromatic carbocycles. The van der Waals surface area contributed by atoms with Gasteiger partial charge in [-0.25, -0.2) is 0 Å². The standard InChI is InChI=1S/C21H27N3O3.ClH/c1-13-3-6-17-18(11-13)21(27)24(20(17)26)14(2)19(25)23-9-7-16(8-10-23)22-12-15-4-5-15;/h3,6,11,14-16,22H,4-5,7-10,12H2,1-2H3;1H. The summed E-state index contributed by atoms with van der Waals surface area (Å²) in [5.41, 5.74) is 1.73. The number of fused-ring (bicyclic) bond motifs is 1. The van der Waals surface area contributed by atoms with Crippen LogP contribution in [-0.4, -0.2) is 59.2 Å². The molecule has 1 unspecified atom stereocenters. The minimum atomic E-state index is -0.770. The lowest BCUT2D eigenvalue weighted by atomic mass is 10.0. The zero-order valence-corrected chi connectivity index (χ0v) is 17.3. The van der Waals surface area contributed by atoms with Crippen molar-refractivity contribution in [1.82, 2.24) is 15.1 Å². The van der Waals surface area contributed by atoms with E-state index in [1.54, 1.807) is 24.0 Å². The number of imide groups is 1. The van der Waals surface area contributed by atoms with E-state index in [2.05, 4.69) is 5.32 Å². The molecule has 1 saturated carbocycles. The molecule has 1 atom stereocenters. The molecule has 0 aromatic heterocycles. The first-order valence-electron chi connectivity index (χ1n) is 9.96. The van der Waals surface area contributed by atoms with Crippen LogP contribution in [0.15, 0.2) is 18.2 Å². The van der Waals surface area contributed by atoms with Crippen LogP contribution in [0.25, 0.3) is 0 Å². The van der Waals surface area contributed by atoms with Crippen molar-refractivity contribution in [3.05, 3.63) is 34.9 Å². The normalized spacial score (nSPS) is 20.8. The monoisotopic (exact) mass is 405 g/mol. The van der Waals surface area contributed by atoms with Gasteiger partial charge in [-0.3, -0.25) is 19.3 Å². The molecule has 1 aliphatic carbocycles. The molecular weight excluding hydrogens is 378 g/mol. The fourth-order valence-corrected chi connectivity index (χ4v) is 4.06. The second-order valence-corrected chi connectivity index (χ2v) is 8.16. The predicted molar refractivity (Wildman–Crippen MR) is 109 cm³/mol. The van der Waals surface area contributed by atoms with E-state index in [-0.39, 0.29) is 30.1 Å². The minimum Gasteiger partial charge on any atom is -0.341 e. The van der Waals surface area contributed by atoms with E-state index in [9.17, 15) is 14.4 Å². The summed E-state index contributed by atoms with van der Waals surface area (Å²) in [5.74, 6) is -0.0126. The highest BCUT2D eigenvalue weighted by Crippen LogP contribution is 2.29. The van der Waals surface area contributed by atoms with Crippen molar-refractivity contribution in [1.29, 1.82) is 0 Å². The van der Waals surface area contributed by atoms with E-state index in [4.69, 9.17) is 0 Å². The van der Waals surface area contributed by atoms with Gasteiger partial charge in [0.15, 0.2) is 0 Å². The van der Waals surface area contributed by atoms with Crippen molar-refractivity contribution >= 4 is 30.1 Å². The van der Waals surface area contributed by atoms with Gasteiger partial charge in [0.25, 0.3) is 11.8 Å². The van der Waals surface area contributed by atoms with Crippen LogP contribution in [0.2, 0.25) is 0 Å². The fourth-order valence-electron chi connectivity index (χ4n) is 4.06. The zero-order chi connectivity index (χ0) is 19.1. The third kappa shape index (κ3) is 3.94. The summed E-state index contributed by atoms with van der Waals surface area (Å²) in [6.45, 7) is 5.98. The molecule has 0 spiro atoms. The summed E-state index contributed by atoms with van der Waals surface area (Å²) >= 11 is 0. The molecule has 1 N–H and O–H groups in total. The van der Waals surface area contributed by atoms with Gasteiger partial charge >= 0.3 is 0 Å². The van der Waals surface area contributed by atoms with Crippen LogP contribution < -0.4 is 5.32 Å². The van der Waals surface area contributed by atoms with Crippen LogP contribution >= 0.6 is 12.4 Å². The average Bonchev–Trinajstić information content (AvgIpc) is 3.46. The summed E-state index contributed by atoms with van der Waals surface area (Å²) in [4.78, 5) is 41.3. The Hall–Kier alpha value is -1.92. The number of amides is 3. The highest BCUT2D eigenvalue weighted by Gasteiger charge is 2.42. The molecule has 0 radical (unpaired) electrons. The summed E-state index contributed by atoms with van der Waals surface area (Å²) in [5, 5.41) is 3.60. The maximum absolute atomic E-state index is 12.9. The molecule has 6 nitrogen and oxygen atoms in total. The number of halogens is 1. The van der Waals surface area contributed by atoms with E-state index < -0.39 is 6.04 Å². The molecule has 1 aromatic rings. The molecule has 2 heterocycles. The van der Waals surface area contributed by atoms with E-state index in [1.807, 2.05) is 13.0 Å². The van der Waals surface area contributed by atoms with Gasteiger partial charge in [0.05, 0.1) is 11.1 Å². The van der Waals surface area contributed by atoms with Gasteiger partial charge in [-0.1, -0.05) is 11.6 Å². The van der Waals surface area contributed by atoms with E-state index in [1.165, 1.54) is 12.8 Å². The van der Waals surface area contributed by atoms with Crippen molar-refractivity contribution in [3.63, 3.8) is 0 Å². The fraction of sp³-hybridized carbons (Fsp3) is 0.571. The smallest absolute Gasteiger partial charge is 0.262 e. The molecule has 28 heavy (non-hydrogen) atoms. The largest absolute Gasteiger partial charge is 0.341 e. The molecule has 7 heteroatoms. The Morgan fingerprint density at radius 2 is 1.75 bits per heavy atom. The third-order valence-electron chi connectivity index (χ3n) is 6.02. The number of hydrogen-bond acceptors (Lipinski definition) is 4. The molecule has 1 saturated heterocycles. The summed E-state index contributed by atoms with van der Waals surface area (Å²) in [6.07, 6.45) is 4.52. The number of carbonyl (C=O) groups excluding carboxylic acids is 3. The SMILES string of the molecule is Cc1ccc2c(c1)C(=O)N(C(C)C(=O)N1CCC(NCC3CC3)CC1)C2=O.Cl. The number of carbonyl (C=O) groups is 3. The van der Waals surface area contributed by atoms with E-state index in [0.29, 0.717) is 30.3 Å². The predicted octanol–water partition coefficient (Wildman–Crippen LogP) is 2.39. The highest BCUT2D eigenvalue weighted by atomic mass is 35.5. The zero-order valence-electron chi connectivity index (χ0n) is 16.4. The maximum Gasteiger partial charge on any atom is 0.262 e. The van der Waals surface area contributed by atoms with Crippen molar-refractivity contribution in [2.45, 2.75) is 51.6 Å². The van der Waals surface area contributed by atoms with Crippen LogP contribution in [0.5, 0.6) is 0 Å². The number of benzene rings is 1. The molecule has 2 aliphatic heterocycles. The number of hydrogen-bond donors (Lipinski definition) is 1. The lowest BCUT2D eigenvalue weighted by Gasteiger charge is -2.35. The van der Waals surface area contributed by atoms with Crippen molar-refractivity contribution in [2.75, 3.05) is 19.6 Å². The highest BCUT2D eigenvalue weighted by molar-refractivity contribution is 6.22. The lowest BCUT2D eigenvalue weighted by molar-refractivity contribution is -0.136. The summed E-state index contributed by atoms with van der Waals surface area (Å²) in [6, 6.07) is 4.92. The number of likely N-dealkylation sites (tertiary alicyclic amines) is 1. The van der Waals surface area contributed by atoms with Crippen molar-refractivity contribution < 1.29 is 14.4 Å². The first-order valence-corrected chi connectivity index (χ1v) is 9.96. The van der Waals surface area contributed by atoms with Crippen molar-refractivity contribution in [2.24, 2.45) is 5.92 Å². The number of nitrogens with one attached hydrogen (secondary N) is 1. The van der Waals surface area contributed by atoms with Crippen LogP contribution in [0.4, 0.5) is 0 Å². The topological polar surface area (TPSA) is 69.7 Å². The number of piperidine rings is 1. The first kappa shape index (κ1) is 20.8.